The average molecular weight is 572 g/mol. The minimum absolute atomic E-state index is 0.0656. The maximum Gasteiger partial charge on any atom is 0.254 e. The fourth-order valence-corrected chi connectivity index (χ4v) is 4.74. The maximum absolute atomic E-state index is 14.0. The number of nitrogens with zero attached hydrogens (tertiary/aromatic N) is 3. The quantitative estimate of drug-likeness (QED) is 0.182. The van der Waals surface area contributed by atoms with Gasteiger partial charge >= 0.3 is 0 Å². The first-order valence-corrected chi connectivity index (χ1v) is 14.1. The Kier molecular flexibility index (Phi) is 10.8. The van der Waals surface area contributed by atoms with Gasteiger partial charge in [0.15, 0.2) is 0 Å². The minimum Gasteiger partial charge on any atom is -0.497 e. The van der Waals surface area contributed by atoms with Gasteiger partial charge in [0.2, 0.25) is 5.91 Å². The fraction of sp³-hybridized carbons (Fsp3) is 0.294. The van der Waals surface area contributed by atoms with Gasteiger partial charge in [0.1, 0.15) is 23.9 Å². The number of hydrogen-bond acceptors (Lipinski definition) is 4. The van der Waals surface area contributed by atoms with Gasteiger partial charge in [-0.05, 0) is 53.9 Å². The Labute approximate surface area is 247 Å². The number of methoxy groups -OCH3 is 2. The molecule has 8 heteroatoms. The van der Waals surface area contributed by atoms with Gasteiger partial charge in [-0.25, -0.2) is 4.39 Å². The van der Waals surface area contributed by atoms with Crippen LogP contribution >= 0.6 is 0 Å². The third-order valence-electron chi connectivity index (χ3n) is 7.10. The second kappa shape index (κ2) is 14.9. The van der Waals surface area contributed by atoms with Crippen LogP contribution in [0.15, 0.2) is 91.1 Å². The van der Waals surface area contributed by atoms with Gasteiger partial charge in [-0.3, -0.25) is 9.59 Å². The van der Waals surface area contributed by atoms with E-state index in [0.29, 0.717) is 43.2 Å². The molecule has 0 atom stereocenters. The lowest BCUT2D eigenvalue weighted by molar-refractivity contribution is -0.133. The van der Waals surface area contributed by atoms with E-state index < -0.39 is 0 Å². The van der Waals surface area contributed by atoms with Gasteiger partial charge in [0.05, 0.1) is 20.8 Å². The zero-order valence-electron chi connectivity index (χ0n) is 24.5. The first-order chi connectivity index (χ1) is 20.4. The van der Waals surface area contributed by atoms with Crippen LogP contribution in [0, 0.1) is 5.82 Å². The molecule has 0 unspecified atom stereocenters. The summed E-state index contributed by atoms with van der Waals surface area (Å²) in [6, 6.07) is 25.2. The largest absolute Gasteiger partial charge is 0.497 e. The maximum atomic E-state index is 14.0. The number of aromatic nitrogens is 1. The highest BCUT2D eigenvalue weighted by atomic mass is 19.1. The lowest BCUT2D eigenvalue weighted by Gasteiger charge is -2.28. The van der Waals surface area contributed by atoms with Crippen molar-refractivity contribution in [1.82, 2.24) is 14.4 Å². The van der Waals surface area contributed by atoms with Crippen LogP contribution < -0.4 is 9.47 Å². The van der Waals surface area contributed by atoms with Crippen LogP contribution in [-0.4, -0.2) is 53.5 Å². The molecule has 42 heavy (non-hydrogen) atoms. The predicted octanol–water partition coefficient (Wildman–Crippen LogP) is 6.16. The van der Waals surface area contributed by atoms with Crippen LogP contribution in [0.2, 0.25) is 0 Å². The standard InChI is InChI=1S/C34H38FN3O4/c1-4-5-17-37(34(40)28-19-31(41-2)21-32(20-28)42-3)25-33(39)38(23-26-10-7-6-8-11-26)24-30-12-9-18-36(30)22-27-13-15-29(35)16-14-27/h6-16,18-21H,4-5,17,22-25H2,1-3H3. The third kappa shape index (κ3) is 8.22. The number of carbonyl (C=O) groups excluding carboxylic acids is 2. The van der Waals surface area contributed by atoms with Crippen LogP contribution in [0.25, 0.3) is 0 Å². The number of amides is 2. The van der Waals surface area contributed by atoms with E-state index in [9.17, 15) is 14.0 Å². The molecular weight excluding hydrogens is 533 g/mol. The van der Waals surface area contributed by atoms with Crippen LogP contribution in [0.3, 0.4) is 0 Å². The number of hydrogen-bond donors (Lipinski definition) is 0. The molecule has 0 saturated carbocycles. The molecule has 0 saturated heterocycles. The molecule has 0 N–H and O–H groups in total. The van der Waals surface area contributed by atoms with Gasteiger partial charge in [-0.1, -0.05) is 55.8 Å². The van der Waals surface area contributed by atoms with Crippen molar-refractivity contribution in [2.24, 2.45) is 0 Å². The van der Waals surface area contributed by atoms with E-state index in [4.69, 9.17) is 9.47 Å². The van der Waals surface area contributed by atoms with Crippen molar-refractivity contribution in [3.8, 4) is 11.5 Å². The molecule has 0 aliphatic rings. The monoisotopic (exact) mass is 571 g/mol. The SMILES string of the molecule is CCCCN(CC(=O)N(Cc1ccccc1)Cc1cccn1Cc1ccc(F)cc1)C(=O)c1cc(OC)cc(OC)c1. The molecule has 0 spiro atoms. The molecule has 7 nitrogen and oxygen atoms in total. The second-order valence-corrected chi connectivity index (χ2v) is 10.2. The van der Waals surface area contributed by atoms with Crippen LogP contribution in [0.5, 0.6) is 11.5 Å². The van der Waals surface area contributed by atoms with Gasteiger partial charge in [0.25, 0.3) is 5.91 Å². The van der Waals surface area contributed by atoms with Crippen molar-refractivity contribution in [2.75, 3.05) is 27.3 Å². The van der Waals surface area contributed by atoms with Crippen LogP contribution in [0.1, 0.15) is 46.9 Å². The van der Waals surface area contributed by atoms with Crippen molar-refractivity contribution < 1.29 is 23.5 Å². The van der Waals surface area contributed by atoms with E-state index >= 15 is 0 Å². The molecule has 0 radical (unpaired) electrons. The summed E-state index contributed by atoms with van der Waals surface area (Å²) in [5.41, 5.74) is 3.29. The fourth-order valence-electron chi connectivity index (χ4n) is 4.74. The summed E-state index contributed by atoms with van der Waals surface area (Å²) in [4.78, 5) is 31.1. The molecule has 220 valence electrons. The van der Waals surface area contributed by atoms with E-state index in [-0.39, 0.29) is 24.2 Å². The molecular formula is C34H38FN3O4. The zero-order valence-corrected chi connectivity index (χ0v) is 24.5. The summed E-state index contributed by atoms with van der Waals surface area (Å²) >= 11 is 0. The Hall–Kier alpha value is -4.59. The van der Waals surface area contributed by atoms with Crippen molar-refractivity contribution in [1.29, 1.82) is 0 Å². The van der Waals surface area contributed by atoms with Crippen LogP contribution in [0.4, 0.5) is 4.39 Å². The Bertz CT molecular complexity index is 1430. The molecule has 0 bridgehead atoms. The van der Waals surface area contributed by atoms with E-state index in [2.05, 4.69) is 11.5 Å². The van der Waals surface area contributed by atoms with Crippen molar-refractivity contribution in [3.05, 3.63) is 119 Å². The average Bonchev–Trinajstić information content (AvgIpc) is 3.45. The van der Waals surface area contributed by atoms with Crippen molar-refractivity contribution >= 4 is 11.8 Å². The first-order valence-electron chi connectivity index (χ1n) is 14.1. The number of unbranched alkanes of at least 4 members (excludes halogenated alkanes) is 1. The second-order valence-electron chi connectivity index (χ2n) is 10.2. The summed E-state index contributed by atoms with van der Waals surface area (Å²) in [5.74, 6) is 0.320. The van der Waals surface area contributed by atoms with E-state index in [0.717, 1.165) is 29.7 Å². The lowest BCUT2D eigenvalue weighted by Crippen LogP contribution is -2.43. The number of ether oxygens (including phenoxy) is 2. The number of rotatable bonds is 14. The predicted molar refractivity (Wildman–Crippen MR) is 161 cm³/mol. The molecule has 2 amide bonds. The van der Waals surface area contributed by atoms with Gasteiger partial charge < -0.3 is 23.8 Å². The summed E-state index contributed by atoms with van der Waals surface area (Å²) in [7, 11) is 3.07. The topological polar surface area (TPSA) is 64.0 Å². The smallest absolute Gasteiger partial charge is 0.254 e. The Balaban J connectivity index is 1.58. The summed E-state index contributed by atoms with van der Waals surface area (Å²) in [5, 5.41) is 0. The minimum atomic E-state index is -0.277. The van der Waals surface area contributed by atoms with E-state index in [1.54, 1.807) is 40.1 Å². The van der Waals surface area contributed by atoms with E-state index in [1.807, 2.05) is 48.7 Å². The molecule has 4 aromatic rings. The number of carbonyl (C=O) groups is 2. The third-order valence-corrected chi connectivity index (χ3v) is 7.10. The highest BCUT2D eigenvalue weighted by molar-refractivity contribution is 5.97. The molecule has 0 aliphatic carbocycles. The highest BCUT2D eigenvalue weighted by Crippen LogP contribution is 2.24. The zero-order chi connectivity index (χ0) is 29.9. The van der Waals surface area contributed by atoms with Gasteiger partial charge in [0, 0.05) is 43.2 Å². The summed E-state index contributed by atoms with van der Waals surface area (Å²) in [6.45, 7) is 3.73. The molecule has 1 heterocycles. The summed E-state index contributed by atoms with van der Waals surface area (Å²) < 4.78 is 26.2. The van der Waals surface area contributed by atoms with Crippen molar-refractivity contribution in [2.45, 2.75) is 39.4 Å². The van der Waals surface area contributed by atoms with Crippen LogP contribution in [-0.2, 0) is 24.4 Å². The molecule has 1 aromatic heterocycles. The normalized spacial score (nSPS) is 10.8. The molecule has 3 aromatic carbocycles. The summed E-state index contributed by atoms with van der Waals surface area (Å²) in [6.07, 6.45) is 3.60. The lowest BCUT2D eigenvalue weighted by atomic mass is 10.1. The Morgan fingerprint density at radius 1 is 0.810 bits per heavy atom. The number of benzene rings is 3. The van der Waals surface area contributed by atoms with Gasteiger partial charge in [-0.15, -0.1) is 0 Å². The van der Waals surface area contributed by atoms with Crippen molar-refractivity contribution in [3.63, 3.8) is 0 Å². The molecule has 0 aliphatic heterocycles. The Morgan fingerprint density at radius 3 is 2.14 bits per heavy atom. The van der Waals surface area contributed by atoms with Gasteiger partial charge in [-0.2, -0.15) is 0 Å². The first kappa shape index (κ1) is 30.4. The number of halogens is 1. The molecule has 4 rings (SSSR count). The van der Waals surface area contributed by atoms with E-state index in [1.165, 1.54) is 26.4 Å². The Morgan fingerprint density at radius 2 is 1.50 bits per heavy atom. The molecule has 0 fully saturated rings. The highest BCUT2D eigenvalue weighted by Gasteiger charge is 2.24.